The van der Waals surface area contributed by atoms with Crippen LogP contribution in [-0.2, 0) is 16.0 Å². The van der Waals surface area contributed by atoms with Gasteiger partial charge in [-0.1, -0.05) is 26.0 Å². The lowest BCUT2D eigenvalue weighted by atomic mass is 9.92. The van der Waals surface area contributed by atoms with E-state index < -0.39 is 11.7 Å². The Balaban J connectivity index is 1.70. The van der Waals surface area contributed by atoms with Crippen LogP contribution in [0.2, 0.25) is 0 Å². The van der Waals surface area contributed by atoms with Crippen LogP contribution in [0.1, 0.15) is 82.2 Å². The van der Waals surface area contributed by atoms with Crippen molar-refractivity contribution in [3.8, 4) is 0 Å². The Morgan fingerprint density at radius 1 is 1.15 bits per heavy atom. The average Bonchev–Trinajstić information content (AvgIpc) is 3.52. The van der Waals surface area contributed by atoms with E-state index in [0.717, 1.165) is 23.9 Å². The van der Waals surface area contributed by atoms with Crippen molar-refractivity contribution in [2.75, 3.05) is 33.4 Å². The van der Waals surface area contributed by atoms with Crippen LogP contribution in [0.5, 0.6) is 0 Å². The fraction of sp³-hybridized carbons (Fsp3) is 0.633. The molecule has 0 aliphatic carbocycles. The maximum absolute atomic E-state index is 14.4. The van der Waals surface area contributed by atoms with E-state index in [-0.39, 0.29) is 23.8 Å². The molecule has 1 aliphatic rings. The molecule has 11 nitrogen and oxygen atoms in total. The predicted molar refractivity (Wildman–Crippen MR) is 155 cm³/mol. The minimum atomic E-state index is -0.651. The Hall–Kier alpha value is -3.47. The van der Waals surface area contributed by atoms with Crippen LogP contribution < -0.4 is 0 Å². The van der Waals surface area contributed by atoms with Crippen molar-refractivity contribution in [1.82, 2.24) is 29.5 Å². The summed E-state index contributed by atoms with van der Waals surface area (Å²) in [7, 11) is 1.69. The molecule has 0 spiro atoms. The van der Waals surface area contributed by atoms with Gasteiger partial charge in [-0.2, -0.15) is 0 Å². The lowest BCUT2D eigenvalue weighted by Gasteiger charge is -2.42. The third-order valence-corrected chi connectivity index (χ3v) is 7.06. The fourth-order valence-corrected chi connectivity index (χ4v) is 5.33. The molecule has 4 rings (SSSR count). The molecule has 2 aromatic heterocycles. The number of hydrogen-bond acceptors (Lipinski definition) is 8. The van der Waals surface area contributed by atoms with Crippen LogP contribution in [0.25, 0.3) is 11.0 Å². The maximum Gasteiger partial charge on any atom is 0.410 e. The summed E-state index contributed by atoms with van der Waals surface area (Å²) in [6.45, 7) is 14.0. The number of benzene rings is 1. The Bertz CT molecular complexity index is 1330. The van der Waals surface area contributed by atoms with Gasteiger partial charge in [-0.15, -0.1) is 10.2 Å². The second-order valence-electron chi connectivity index (χ2n) is 12.3. The second-order valence-corrected chi connectivity index (χ2v) is 12.3. The van der Waals surface area contributed by atoms with E-state index >= 15 is 0 Å². The molecule has 0 unspecified atom stereocenters. The summed E-state index contributed by atoms with van der Waals surface area (Å²) >= 11 is 0. The van der Waals surface area contributed by atoms with E-state index in [9.17, 15) is 9.59 Å². The lowest BCUT2D eigenvalue weighted by molar-refractivity contribution is 0.00488. The Labute approximate surface area is 242 Å². The van der Waals surface area contributed by atoms with Gasteiger partial charge < -0.3 is 28.3 Å². The van der Waals surface area contributed by atoms with Crippen LogP contribution in [0.4, 0.5) is 4.79 Å². The molecule has 1 saturated heterocycles. The molecule has 0 bridgehead atoms. The van der Waals surface area contributed by atoms with Crippen LogP contribution >= 0.6 is 0 Å². The van der Waals surface area contributed by atoms with Gasteiger partial charge in [0, 0.05) is 46.8 Å². The standard InChI is InChI=1S/C30H44N6O5/c1-20(2)17-36(28(37)26-31-24-12-8-9-13-25(24)35(26)14-10-11-15-39-7)23-16-22(27-33-32-21(3)40-27)18-34(19-23)29(38)41-30(4,5)6/h8-9,12-13,20,22-23H,10-11,14-19H2,1-7H3/t22-,23+/m1/s1. The van der Waals surface area contributed by atoms with Crippen molar-refractivity contribution >= 4 is 23.0 Å². The summed E-state index contributed by atoms with van der Waals surface area (Å²) in [5.41, 5.74) is 1.06. The quantitative estimate of drug-likeness (QED) is 0.312. The molecular weight excluding hydrogens is 524 g/mol. The first-order valence-electron chi connectivity index (χ1n) is 14.5. The second kappa shape index (κ2) is 13.0. The smallest absolute Gasteiger partial charge is 0.410 e. The SMILES string of the molecule is COCCCCn1c(C(=O)N(CC(C)C)[C@H]2C[C@@H](c3nnc(C)o3)CN(C(=O)OC(C)(C)C)C2)nc2ccccc21. The molecule has 1 fully saturated rings. The van der Waals surface area contributed by atoms with Gasteiger partial charge in [-0.05, 0) is 58.1 Å². The van der Waals surface area contributed by atoms with Crippen LogP contribution in [0.15, 0.2) is 28.7 Å². The number of rotatable bonds is 10. The minimum Gasteiger partial charge on any atom is -0.444 e. The number of imidazole rings is 1. The number of methoxy groups -OCH3 is 1. The van der Waals surface area contributed by atoms with E-state index in [4.69, 9.17) is 18.9 Å². The number of carbonyl (C=O) groups excluding carboxylic acids is 2. The Morgan fingerprint density at radius 3 is 2.56 bits per heavy atom. The molecule has 2 atom stereocenters. The number of hydrogen-bond donors (Lipinski definition) is 0. The summed E-state index contributed by atoms with van der Waals surface area (Å²) in [5.74, 6) is 1.13. The van der Waals surface area contributed by atoms with Gasteiger partial charge in [0.25, 0.3) is 5.91 Å². The minimum absolute atomic E-state index is 0.155. The number of ether oxygens (including phenoxy) is 2. The number of unbranched alkanes of at least 4 members (excludes halogenated alkanes) is 1. The highest BCUT2D eigenvalue weighted by Crippen LogP contribution is 2.31. The molecule has 2 amide bonds. The van der Waals surface area contributed by atoms with E-state index in [1.165, 1.54) is 0 Å². The van der Waals surface area contributed by atoms with Crippen molar-refractivity contribution in [2.24, 2.45) is 5.92 Å². The van der Waals surface area contributed by atoms with Gasteiger partial charge in [0.2, 0.25) is 11.8 Å². The summed E-state index contributed by atoms with van der Waals surface area (Å²) in [6, 6.07) is 7.53. The van der Waals surface area contributed by atoms with Crippen molar-refractivity contribution in [1.29, 1.82) is 0 Å². The highest BCUT2D eigenvalue weighted by atomic mass is 16.6. The highest BCUT2D eigenvalue weighted by molar-refractivity contribution is 5.95. The zero-order chi connectivity index (χ0) is 29.7. The molecule has 0 saturated carbocycles. The number of carbonyl (C=O) groups is 2. The third kappa shape index (κ3) is 7.63. The number of fused-ring (bicyclic) bond motifs is 1. The molecule has 3 aromatic rings. The first-order valence-corrected chi connectivity index (χ1v) is 14.5. The zero-order valence-corrected chi connectivity index (χ0v) is 25.4. The molecule has 41 heavy (non-hydrogen) atoms. The number of amides is 2. The van der Waals surface area contributed by atoms with E-state index in [0.29, 0.717) is 56.8 Å². The number of likely N-dealkylation sites (tertiary alicyclic amines) is 1. The third-order valence-electron chi connectivity index (χ3n) is 7.06. The molecule has 1 aromatic carbocycles. The van der Waals surface area contributed by atoms with Gasteiger partial charge in [-0.25, -0.2) is 9.78 Å². The van der Waals surface area contributed by atoms with E-state index in [1.54, 1.807) is 18.9 Å². The number of para-hydroxylation sites is 2. The number of nitrogens with zero attached hydrogens (tertiary/aromatic N) is 6. The number of piperidine rings is 1. The van der Waals surface area contributed by atoms with Gasteiger partial charge in [0.05, 0.1) is 23.0 Å². The van der Waals surface area contributed by atoms with E-state index in [2.05, 4.69) is 24.0 Å². The largest absolute Gasteiger partial charge is 0.444 e. The van der Waals surface area contributed by atoms with Crippen LogP contribution in [-0.4, -0.2) is 86.5 Å². The van der Waals surface area contributed by atoms with Crippen LogP contribution in [0, 0.1) is 12.8 Å². The summed E-state index contributed by atoms with van der Waals surface area (Å²) in [4.78, 5) is 36.1. The maximum atomic E-state index is 14.4. The van der Waals surface area contributed by atoms with Crippen LogP contribution in [0.3, 0.4) is 0 Å². The van der Waals surface area contributed by atoms with E-state index in [1.807, 2.05) is 54.5 Å². The molecule has 224 valence electrons. The average molecular weight is 569 g/mol. The fourth-order valence-electron chi connectivity index (χ4n) is 5.33. The zero-order valence-electron chi connectivity index (χ0n) is 25.4. The molecule has 0 N–H and O–H groups in total. The van der Waals surface area contributed by atoms with Gasteiger partial charge in [-0.3, -0.25) is 4.79 Å². The summed E-state index contributed by atoms with van der Waals surface area (Å²) in [5, 5.41) is 8.28. The van der Waals surface area contributed by atoms with Crippen molar-refractivity contribution in [2.45, 2.75) is 84.9 Å². The topological polar surface area (TPSA) is 116 Å². The lowest BCUT2D eigenvalue weighted by Crippen LogP contribution is -2.55. The predicted octanol–water partition coefficient (Wildman–Crippen LogP) is 5.05. The van der Waals surface area contributed by atoms with Crippen molar-refractivity contribution in [3.63, 3.8) is 0 Å². The Kier molecular flexibility index (Phi) is 9.68. The Morgan fingerprint density at radius 2 is 1.90 bits per heavy atom. The van der Waals surface area contributed by atoms with Crippen molar-refractivity contribution in [3.05, 3.63) is 41.9 Å². The highest BCUT2D eigenvalue weighted by Gasteiger charge is 2.40. The van der Waals surface area contributed by atoms with Gasteiger partial charge >= 0.3 is 6.09 Å². The molecule has 3 heterocycles. The monoisotopic (exact) mass is 568 g/mol. The normalized spacial score (nSPS) is 17.8. The summed E-state index contributed by atoms with van der Waals surface area (Å²) < 4.78 is 18.8. The number of aromatic nitrogens is 4. The van der Waals surface area contributed by atoms with Gasteiger partial charge in [0.15, 0.2) is 5.82 Å². The van der Waals surface area contributed by atoms with Gasteiger partial charge in [0.1, 0.15) is 5.60 Å². The van der Waals surface area contributed by atoms with Crippen molar-refractivity contribution < 1.29 is 23.5 Å². The first-order chi connectivity index (χ1) is 19.5. The molecule has 1 aliphatic heterocycles. The molecule has 11 heteroatoms. The first kappa shape index (κ1) is 30.5. The number of aryl methyl sites for hydroxylation is 2. The molecular formula is C30H44N6O5. The summed E-state index contributed by atoms with van der Waals surface area (Å²) in [6.07, 6.45) is 1.89. The molecule has 0 radical (unpaired) electrons.